The van der Waals surface area contributed by atoms with Crippen molar-refractivity contribution in [3.05, 3.63) is 59.9 Å². The number of furan rings is 1. The Hall–Kier alpha value is -2.80. The summed E-state index contributed by atoms with van der Waals surface area (Å²) in [7, 11) is -3.33. The first kappa shape index (κ1) is 16.1. The van der Waals surface area contributed by atoms with Crippen LogP contribution in [0.1, 0.15) is 16.1 Å². The van der Waals surface area contributed by atoms with Gasteiger partial charge in [-0.1, -0.05) is 18.2 Å². The smallest absolute Gasteiger partial charge is 0.291 e. The van der Waals surface area contributed by atoms with Crippen molar-refractivity contribution in [2.75, 3.05) is 16.3 Å². The average Bonchev–Trinajstić information content (AvgIpc) is 2.85. The summed E-state index contributed by atoms with van der Waals surface area (Å²) < 4.78 is 30.3. The third-order valence-corrected chi connectivity index (χ3v) is 4.10. The van der Waals surface area contributed by atoms with E-state index < -0.39 is 10.0 Å². The molecular formula is C17H16N2O4S. The van der Waals surface area contributed by atoms with Gasteiger partial charge in [0.05, 0.1) is 6.26 Å². The number of carbonyl (C=O) groups is 1. The number of nitrogens with one attached hydrogen (secondary N) is 2. The van der Waals surface area contributed by atoms with Gasteiger partial charge in [0, 0.05) is 22.3 Å². The molecule has 2 aromatic carbocycles. The van der Waals surface area contributed by atoms with Crippen molar-refractivity contribution in [3.63, 3.8) is 0 Å². The van der Waals surface area contributed by atoms with E-state index in [0.29, 0.717) is 17.0 Å². The second-order valence-electron chi connectivity index (χ2n) is 5.46. The maximum Gasteiger partial charge on any atom is 0.291 e. The zero-order valence-corrected chi connectivity index (χ0v) is 14.0. The molecule has 0 spiro atoms. The van der Waals surface area contributed by atoms with Crippen molar-refractivity contribution in [2.45, 2.75) is 6.92 Å². The normalized spacial score (nSPS) is 11.4. The van der Waals surface area contributed by atoms with Crippen LogP contribution in [0.25, 0.3) is 11.0 Å². The lowest BCUT2D eigenvalue weighted by Gasteiger charge is -2.06. The predicted molar refractivity (Wildman–Crippen MR) is 93.8 cm³/mol. The van der Waals surface area contributed by atoms with Crippen molar-refractivity contribution in [1.29, 1.82) is 0 Å². The average molecular weight is 344 g/mol. The Morgan fingerprint density at radius 2 is 1.62 bits per heavy atom. The Morgan fingerprint density at radius 1 is 1.00 bits per heavy atom. The SMILES string of the molecule is Cc1c(C(=O)Nc2ccc(NS(C)(=O)=O)cc2)oc2ccccc12. The van der Waals surface area contributed by atoms with Gasteiger partial charge in [-0.2, -0.15) is 0 Å². The van der Waals surface area contributed by atoms with E-state index in [-0.39, 0.29) is 11.7 Å². The minimum absolute atomic E-state index is 0.259. The van der Waals surface area contributed by atoms with E-state index in [4.69, 9.17) is 4.42 Å². The molecule has 6 nitrogen and oxygen atoms in total. The van der Waals surface area contributed by atoms with Gasteiger partial charge in [0.2, 0.25) is 10.0 Å². The fraction of sp³-hybridized carbons (Fsp3) is 0.118. The van der Waals surface area contributed by atoms with Crippen LogP contribution in [-0.4, -0.2) is 20.6 Å². The van der Waals surface area contributed by atoms with E-state index in [2.05, 4.69) is 10.0 Å². The van der Waals surface area contributed by atoms with Gasteiger partial charge in [-0.15, -0.1) is 0 Å². The summed E-state index contributed by atoms with van der Waals surface area (Å²) in [5, 5.41) is 3.64. The molecular weight excluding hydrogens is 328 g/mol. The molecule has 0 fully saturated rings. The van der Waals surface area contributed by atoms with Crippen LogP contribution in [0.4, 0.5) is 11.4 Å². The Balaban J connectivity index is 1.80. The number of hydrogen-bond donors (Lipinski definition) is 2. The number of carbonyl (C=O) groups excluding carboxylic acids is 1. The van der Waals surface area contributed by atoms with Crippen molar-refractivity contribution < 1.29 is 17.6 Å². The van der Waals surface area contributed by atoms with E-state index >= 15 is 0 Å². The number of rotatable bonds is 4. The molecule has 0 saturated heterocycles. The molecule has 3 aromatic rings. The Morgan fingerprint density at radius 3 is 2.25 bits per heavy atom. The first-order chi connectivity index (χ1) is 11.3. The second kappa shape index (κ2) is 6.01. The monoisotopic (exact) mass is 344 g/mol. The summed E-state index contributed by atoms with van der Waals surface area (Å²) in [6.45, 7) is 1.83. The van der Waals surface area contributed by atoms with E-state index in [9.17, 15) is 13.2 Å². The van der Waals surface area contributed by atoms with Crippen LogP contribution in [0.5, 0.6) is 0 Å². The zero-order valence-electron chi connectivity index (χ0n) is 13.2. The minimum atomic E-state index is -3.33. The third kappa shape index (κ3) is 3.41. The molecule has 7 heteroatoms. The van der Waals surface area contributed by atoms with Gasteiger partial charge in [0.15, 0.2) is 5.76 Å². The van der Waals surface area contributed by atoms with Crippen molar-refractivity contribution in [2.24, 2.45) is 0 Å². The molecule has 0 aliphatic carbocycles. The van der Waals surface area contributed by atoms with Gasteiger partial charge in [-0.25, -0.2) is 8.42 Å². The second-order valence-corrected chi connectivity index (χ2v) is 7.21. The van der Waals surface area contributed by atoms with E-state index in [1.807, 2.05) is 31.2 Å². The van der Waals surface area contributed by atoms with Crippen molar-refractivity contribution >= 4 is 38.3 Å². The summed E-state index contributed by atoms with van der Waals surface area (Å²) in [4.78, 5) is 12.4. The molecule has 0 unspecified atom stereocenters. The minimum Gasteiger partial charge on any atom is -0.451 e. The van der Waals surface area contributed by atoms with Crippen LogP contribution in [0.3, 0.4) is 0 Å². The van der Waals surface area contributed by atoms with Crippen molar-refractivity contribution in [1.82, 2.24) is 0 Å². The molecule has 1 aromatic heterocycles. The van der Waals surface area contributed by atoms with Crippen LogP contribution in [0.15, 0.2) is 52.9 Å². The van der Waals surface area contributed by atoms with Crippen LogP contribution in [0, 0.1) is 6.92 Å². The topological polar surface area (TPSA) is 88.4 Å². The van der Waals surface area contributed by atoms with Gasteiger partial charge in [-0.3, -0.25) is 9.52 Å². The maximum atomic E-state index is 12.4. The molecule has 24 heavy (non-hydrogen) atoms. The maximum absolute atomic E-state index is 12.4. The third-order valence-electron chi connectivity index (χ3n) is 3.50. The van der Waals surface area contributed by atoms with E-state index in [0.717, 1.165) is 17.2 Å². The lowest BCUT2D eigenvalue weighted by atomic mass is 10.1. The number of benzene rings is 2. The molecule has 1 heterocycles. The van der Waals surface area contributed by atoms with Gasteiger partial charge >= 0.3 is 0 Å². The molecule has 0 bridgehead atoms. The van der Waals surface area contributed by atoms with E-state index in [1.54, 1.807) is 24.3 Å². The van der Waals surface area contributed by atoms with Crippen LogP contribution >= 0.6 is 0 Å². The highest BCUT2D eigenvalue weighted by Crippen LogP contribution is 2.25. The van der Waals surface area contributed by atoms with Gasteiger partial charge in [-0.05, 0) is 37.3 Å². The van der Waals surface area contributed by atoms with Crippen molar-refractivity contribution in [3.8, 4) is 0 Å². The Bertz CT molecular complexity index is 1000. The number of anilines is 2. The quantitative estimate of drug-likeness (QED) is 0.759. The van der Waals surface area contributed by atoms with Crippen LogP contribution in [-0.2, 0) is 10.0 Å². The highest BCUT2D eigenvalue weighted by atomic mass is 32.2. The summed E-state index contributed by atoms with van der Waals surface area (Å²) in [5.74, 6) is -0.0953. The summed E-state index contributed by atoms with van der Waals surface area (Å²) in [6.07, 6.45) is 1.08. The molecule has 0 radical (unpaired) electrons. The van der Waals surface area contributed by atoms with E-state index in [1.165, 1.54) is 0 Å². The summed E-state index contributed by atoms with van der Waals surface area (Å²) >= 11 is 0. The predicted octanol–water partition coefficient (Wildman–Crippen LogP) is 3.37. The Kier molecular flexibility index (Phi) is 4.02. The molecule has 2 N–H and O–H groups in total. The van der Waals surface area contributed by atoms with Crippen LogP contribution in [0.2, 0.25) is 0 Å². The highest BCUT2D eigenvalue weighted by Gasteiger charge is 2.17. The first-order valence-corrected chi connectivity index (χ1v) is 9.10. The highest BCUT2D eigenvalue weighted by molar-refractivity contribution is 7.92. The van der Waals surface area contributed by atoms with Gasteiger partial charge < -0.3 is 9.73 Å². The zero-order chi connectivity index (χ0) is 17.3. The fourth-order valence-corrected chi connectivity index (χ4v) is 2.98. The molecule has 1 amide bonds. The summed E-state index contributed by atoms with van der Waals surface area (Å²) in [5.41, 5.74) is 2.40. The molecule has 3 rings (SSSR count). The number of para-hydroxylation sites is 1. The molecule has 124 valence electrons. The lowest BCUT2D eigenvalue weighted by Crippen LogP contribution is -2.12. The van der Waals surface area contributed by atoms with Gasteiger partial charge in [0.25, 0.3) is 5.91 Å². The number of sulfonamides is 1. The molecule has 0 aliphatic rings. The lowest BCUT2D eigenvalue weighted by molar-refractivity contribution is 0.0998. The standard InChI is InChI=1S/C17H16N2O4S/c1-11-14-5-3-4-6-15(14)23-16(11)17(20)18-12-7-9-13(10-8-12)19-24(2,21)22/h3-10,19H,1-2H3,(H,18,20). The molecule has 0 saturated carbocycles. The number of hydrogen-bond acceptors (Lipinski definition) is 4. The summed E-state index contributed by atoms with van der Waals surface area (Å²) in [6, 6.07) is 13.8. The number of fused-ring (bicyclic) bond motifs is 1. The molecule has 0 aliphatic heterocycles. The number of aryl methyl sites for hydroxylation is 1. The largest absolute Gasteiger partial charge is 0.451 e. The Labute approximate surface area is 139 Å². The van der Waals surface area contributed by atoms with Gasteiger partial charge in [0.1, 0.15) is 5.58 Å². The first-order valence-electron chi connectivity index (χ1n) is 7.21. The molecule has 0 atom stereocenters. The fourth-order valence-electron chi connectivity index (χ4n) is 2.41. The van der Waals surface area contributed by atoms with Crippen LogP contribution < -0.4 is 10.0 Å². The number of amides is 1.